The number of hydrogen-bond acceptors (Lipinski definition) is 3. The molecule has 1 aromatic rings. The minimum atomic E-state index is -4.25. The standard InChI is InChI=1S/C20H29F3N4/c1-13(20(21,22)23)4-5-15-12-27(14(2)24-15)19-17-10-16(11-18(17)19)26-8-6-25(3)7-9-26/h4,12,16-19H,5-11H2,1-3H3/b13-4+. The third kappa shape index (κ3) is 3.81. The normalized spacial score (nSPS) is 32.7. The van der Waals surface area contributed by atoms with Crippen molar-refractivity contribution >= 4 is 0 Å². The van der Waals surface area contributed by atoms with Crippen molar-refractivity contribution in [1.29, 1.82) is 0 Å². The second-order valence-electron chi connectivity index (χ2n) is 8.56. The Bertz CT molecular complexity index is 703. The molecule has 1 saturated heterocycles. The van der Waals surface area contributed by atoms with Crippen LogP contribution in [0.2, 0.25) is 0 Å². The summed E-state index contributed by atoms with van der Waals surface area (Å²) in [4.78, 5) is 9.55. The molecule has 0 radical (unpaired) electrons. The van der Waals surface area contributed by atoms with E-state index in [-0.39, 0.29) is 6.42 Å². The molecule has 0 aromatic carbocycles. The van der Waals surface area contributed by atoms with E-state index in [9.17, 15) is 13.2 Å². The number of halogens is 3. The van der Waals surface area contributed by atoms with Crippen LogP contribution in [0, 0.1) is 18.8 Å². The van der Waals surface area contributed by atoms with Crippen molar-refractivity contribution in [1.82, 2.24) is 19.4 Å². The number of imidazole rings is 1. The molecule has 0 spiro atoms. The SMILES string of the molecule is C/C(=C\Cc1cn(C2C3CC(N4CCN(C)CC4)CC32)c(C)n1)C(F)(F)F. The number of hydrogen-bond donors (Lipinski definition) is 0. The summed E-state index contributed by atoms with van der Waals surface area (Å²) < 4.78 is 40.1. The second kappa shape index (κ2) is 6.92. The number of piperazine rings is 1. The molecule has 27 heavy (non-hydrogen) atoms. The number of aromatic nitrogens is 2. The van der Waals surface area contributed by atoms with Gasteiger partial charge in [0.05, 0.1) is 5.69 Å². The van der Waals surface area contributed by atoms with E-state index in [1.807, 2.05) is 13.1 Å². The van der Waals surface area contributed by atoms with E-state index in [0.29, 0.717) is 23.9 Å². The molecule has 2 unspecified atom stereocenters. The number of aryl methyl sites for hydroxylation is 1. The maximum absolute atomic E-state index is 12.6. The van der Waals surface area contributed by atoms with E-state index in [1.165, 1.54) is 32.0 Å². The zero-order valence-electron chi connectivity index (χ0n) is 16.3. The maximum Gasteiger partial charge on any atom is 0.412 e. The second-order valence-corrected chi connectivity index (χ2v) is 8.56. The number of likely N-dealkylation sites (N-methyl/N-ethyl adjacent to an activating group) is 1. The summed E-state index contributed by atoms with van der Waals surface area (Å²) in [6.45, 7) is 7.74. The van der Waals surface area contributed by atoms with Gasteiger partial charge in [-0.2, -0.15) is 13.2 Å². The molecule has 1 aliphatic heterocycles. The quantitative estimate of drug-likeness (QED) is 0.746. The molecule has 2 saturated carbocycles. The lowest BCUT2D eigenvalue weighted by Crippen LogP contribution is -2.48. The van der Waals surface area contributed by atoms with E-state index in [4.69, 9.17) is 0 Å². The first-order chi connectivity index (χ1) is 12.7. The van der Waals surface area contributed by atoms with E-state index < -0.39 is 11.7 Å². The molecular weight excluding hydrogens is 353 g/mol. The summed E-state index contributed by atoms with van der Waals surface area (Å²) in [7, 11) is 2.18. The predicted molar refractivity (Wildman–Crippen MR) is 98.6 cm³/mol. The molecular formula is C20H29F3N4. The molecule has 2 atom stereocenters. The number of allylic oxidation sites excluding steroid dienone is 2. The van der Waals surface area contributed by atoms with Crippen LogP contribution in [0.5, 0.6) is 0 Å². The van der Waals surface area contributed by atoms with Gasteiger partial charge in [-0.05, 0) is 45.6 Å². The van der Waals surface area contributed by atoms with Crippen LogP contribution in [0.15, 0.2) is 17.8 Å². The lowest BCUT2D eigenvalue weighted by Gasteiger charge is -2.37. The van der Waals surface area contributed by atoms with Crippen LogP contribution in [-0.2, 0) is 6.42 Å². The van der Waals surface area contributed by atoms with Gasteiger partial charge in [-0.1, -0.05) is 6.08 Å². The number of nitrogens with zero attached hydrogens (tertiary/aromatic N) is 4. The summed E-state index contributed by atoms with van der Waals surface area (Å²) in [5, 5.41) is 0. The first-order valence-corrected chi connectivity index (χ1v) is 9.95. The molecule has 2 heterocycles. The predicted octanol–water partition coefficient (Wildman–Crippen LogP) is 3.44. The van der Waals surface area contributed by atoms with E-state index >= 15 is 0 Å². The van der Waals surface area contributed by atoms with Crippen LogP contribution in [-0.4, -0.2) is 64.8 Å². The molecule has 3 fully saturated rings. The molecule has 4 rings (SSSR count). The van der Waals surface area contributed by atoms with Gasteiger partial charge in [0.25, 0.3) is 0 Å². The zero-order chi connectivity index (χ0) is 19.3. The van der Waals surface area contributed by atoms with Crippen molar-refractivity contribution < 1.29 is 13.2 Å². The largest absolute Gasteiger partial charge is 0.412 e. The van der Waals surface area contributed by atoms with Gasteiger partial charge in [0, 0.05) is 56.5 Å². The van der Waals surface area contributed by atoms with Crippen LogP contribution in [0.25, 0.3) is 0 Å². The minimum Gasteiger partial charge on any atom is -0.331 e. The fourth-order valence-corrected chi connectivity index (χ4v) is 5.00. The maximum atomic E-state index is 12.6. The fraction of sp³-hybridized carbons (Fsp3) is 0.750. The van der Waals surface area contributed by atoms with Gasteiger partial charge >= 0.3 is 6.18 Å². The van der Waals surface area contributed by atoms with Gasteiger partial charge in [-0.25, -0.2) is 4.98 Å². The van der Waals surface area contributed by atoms with Crippen LogP contribution in [0.3, 0.4) is 0 Å². The average molecular weight is 382 g/mol. The lowest BCUT2D eigenvalue weighted by molar-refractivity contribution is -0.0915. The van der Waals surface area contributed by atoms with Crippen LogP contribution >= 0.6 is 0 Å². The van der Waals surface area contributed by atoms with Crippen LogP contribution in [0.4, 0.5) is 13.2 Å². The van der Waals surface area contributed by atoms with Crippen molar-refractivity contribution in [3.63, 3.8) is 0 Å². The summed E-state index contributed by atoms with van der Waals surface area (Å²) in [6.07, 6.45) is 1.71. The summed E-state index contributed by atoms with van der Waals surface area (Å²) in [5.74, 6) is 2.35. The molecule has 4 nitrogen and oxygen atoms in total. The van der Waals surface area contributed by atoms with Gasteiger partial charge in [0.15, 0.2) is 0 Å². The molecule has 7 heteroatoms. The molecule has 2 aliphatic carbocycles. The number of fused-ring (bicyclic) bond motifs is 1. The highest BCUT2D eigenvalue weighted by atomic mass is 19.4. The zero-order valence-corrected chi connectivity index (χ0v) is 16.3. The van der Waals surface area contributed by atoms with Crippen molar-refractivity contribution in [2.45, 2.75) is 51.4 Å². The third-order valence-electron chi connectivity index (χ3n) is 6.78. The number of alkyl halides is 3. The van der Waals surface area contributed by atoms with Crippen LogP contribution < -0.4 is 0 Å². The summed E-state index contributed by atoms with van der Waals surface area (Å²) in [6, 6.07) is 1.22. The number of rotatable bonds is 4. The van der Waals surface area contributed by atoms with E-state index in [0.717, 1.165) is 31.5 Å². The highest BCUT2D eigenvalue weighted by Gasteiger charge is 2.58. The van der Waals surface area contributed by atoms with Gasteiger partial charge in [0.2, 0.25) is 0 Å². The van der Waals surface area contributed by atoms with Crippen molar-refractivity contribution in [2.75, 3.05) is 33.2 Å². The monoisotopic (exact) mass is 382 g/mol. The Labute approximate surface area is 159 Å². The molecule has 3 aliphatic rings. The third-order valence-corrected chi connectivity index (χ3v) is 6.78. The topological polar surface area (TPSA) is 24.3 Å². The lowest BCUT2D eigenvalue weighted by atomic mass is 10.1. The Morgan fingerprint density at radius 3 is 2.41 bits per heavy atom. The highest BCUT2D eigenvalue weighted by molar-refractivity contribution is 5.18. The first-order valence-electron chi connectivity index (χ1n) is 9.95. The molecule has 150 valence electrons. The van der Waals surface area contributed by atoms with Gasteiger partial charge in [-0.15, -0.1) is 0 Å². The molecule has 1 aromatic heterocycles. The smallest absolute Gasteiger partial charge is 0.331 e. The van der Waals surface area contributed by atoms with E-state index in [2.05, 4.69) is 26.4 Å². The fourth-order valence-electron chi connectivity index (χ4n) is 5.00. The van der Waals surface area contributed by atoms with Gasteiger partial charge in [-0.3, -0.25) is 4.90 Å². The Hall–Kier alpha value is -1.34. The highest BCUT2D eigenvalue weighted by Crippen LogP contribution is 2.61. The summed E-state index contributed by atoms with van der Waals surface area (Å²) in [5.41, 5.74) is 0.185. The average Bonchev–Trinajstić information content (AvgIpc) is 2.94. The molecule has 0 N–H and O–H groups in total. The van der Waals surface area contributed by atoms with Gasteiger partial charge in [0.1, 0.15) is 5.82 Å². The Morgan fingerprint density at radius 2 is 1.81 bits per heavy atom. The molecule has 0 bridgehead atoms. The minimum absolute atomic E-state index is 0.241. The van der Waals surface area contributed by atoms with Crippen molar-refractivity contribution in [3.8, 4) is 0 Å². The van der Waals surface area contributed by atoms with Crippen LogP contribution in [0.1, 0.15) is 37.3 Å². The van der Waals surface area contributed by atoms with Gasteiger partial charge < -0.3 is 9.47 Å². The van der Waals surface area contributed by atoms with Crippen molar-refractivity contribution in [3.05, 3.63) is 29.4 Å². The first kappa shape index (κ1) is 19.0. The summed E-state index contributed by atoms with van der Waals surface area (Å²) >= 11 is 0. The Balaban J connectivity index is 1.35. The Morgan fingerprint density at radius 1 is 1.19 bits per heavy atom. The van der Waals surface area contributed by atoms with E-state index in [1.54, 1.807) is 0 Å². The van der Waals surface area contributed by atoms with Crippen molar-refractivity contribution in [2.24, 2.45) is 11.8 Å². The Kier molecular flexibility index (Phi) is 4.87. The molecule has 0 amide bonds.